The molecule has 0 aliphatic rings. The molecular formula is C17H12ClN5O4. The van der Waals surface area contributed by atoms with Crippen LogP contribution in [0.4, 0.5) is 23.3 Å². The van der Waals surface area contributed by atoms with Crippen LogP contribution < -0.4 is 10.6 Å². The molecule has 3 aromatic rings. The molecule has 0 atom stereocenters. The van der Waals surface area contributed by atoms with Crippen LogP contribution in [0.3, 0.4) is 0 Å². The van der Waals surface area contributed by atoms with Crippen LogP contribution in [0.15, 0.2) is 48.5 Å². The maximum atomic E-state index is 10.9. The molecule has 9 nitrogen and oxygen atoms in total. The maximum Gasteiger partial charge on any atom is 0.335 e. The Hall–Kier alpha value is -3.72. The molecule has 2 aromatic carbocycles. The van der Waals surface area contributed by atoms with E-state index in [1.165, 1.54) is 24.3 Å². The van der Waals surface area contributed by atoms with Crippen molar-refractivity contribution >= 4 is 46.8 Å². The molecule has 0 aliphatic carbocycles. The summed E-state index contributed by atoms with van der Waals surface area (Å²) in [4.78, 5) is 33.9. The van der Waals surface area contributed by atoms with Gasteiger partial charge in [0.05, 0.1) is 11.1 Å². The molecule has 0 unspecified atom stereocenters. The molecule has 0 aliphatic heterocycles. The summed E-state index contributed by atoms with van der Waals surface area (Å²) in [6.07, 6.45) is 0. The van der Waals surface area contributed by atoms with Gasteiger partial charge in [-0.1, -0.05) is 0 Å². The number of nitrogens with zero attached hydrogens (tertiary/aromatic N) is 3. The topological polar surface area (TPSA) is 137 Å². The summed E-state index contributed by atoms with van der Waals surface area (Å²) < 4.78 is 0. The minimum atomic E-state index is -1.02. The Balaban J connectivity index is 1.77. The van der Waals surface area contributed by atoms with Crippen LogP contribution in [-0.2, 0) is 0 Å². The first kappa shape index (κ1) is 18.1. The zero-order chi connectivity index (χ0) is 19.4. The molecule has 4 N–H and O–H groups in total. The van der Waals surface area contributed by atoms with Crippen LogP contribution in [0.2, 0.25) is 5.28 Å². The van der Waals surface area contributed by atoms with Crippen molar-refractivity contribution in [1.82, 2.24) is 15.0 Å². The van der Waals surface area contributed by atoms with Crippen molar-refractivity contribution in [3.05, 3.63) is 64.9 Å². The predicted molar refractivity (Wildman–Crippen MR) is 98.2 cm³/mol. The first-order chi connectivity index (χ1) is 12.9. The number of aromatic carboxylic acids is 2. The van der Waals surface area contributed by atoms with Crippen molar-refractivity contribution in [1.29, 1.82) is 0 Å². The molecule has 0 spiro atoms. The third kappa shape index (κ3) is 4.67. The number of anilines is 4. The molecule has 0 saturated carbocycles. The third-order valence-corrected chi connectivity index (χ3v) is 3.55. The highest BCUT2D eigenvalue weighted by molar-refractivity contribution is 6.28. The number of hydrogen-bond acceptors (Lipinski definition) is 7. The van der Waals surface area contributed by atoms with Crippen LogP contribution in [0.5, 0.6) is 0 Å². The molecular weight excluding hydrogens is 374 g/mol. The summed E-state index contributed by atoms with van der Waals surface area (Å²) in [7, 11) is 0. The lowest BCUT2D eigenvalue weighted by molar-refractivity contribution is 0.0686. The third-order valence-electron chi connectivity index (χ3n) is 3.38. The maximum absolute atomic E-state index is 10.9. The van der Waals surface area contributed by atoms with Crippen LogP contribution in [0, 0.1) is 0 Å². The van der Waals surface area contributed by atoms with Crippen molar-refractivity contribution in [2.75, 3.05) is 10.6 Å². The van der Waals surface area contributed by atoms with Crippen LogP contribution in [0.25, 0.3) is 0 Å². The molecule has 10 heteroatoms. The van der Waals surface area contributed by atoms with E-state index in [4.69, 9.17) is 21.8 Å². The van der Waals surface area contributed by atoms with Crippen molar-refractivity contribution in [2.24, 2.45) is 0 Å². The average molecular weight is 386 g/mol. The lowest BCUT2D eigenvalue weighted by Gasteiger charge is -2.09. The first-order valence-corrected chi connectivity index (χ1v) is 7.91. The number of carboxylic acids is 2. The number of aromatic nitrogens is 3. The monoisotopic (exact) mass is 385 g/mol. The van der Waals surface area contributed by atoms with E-state index in [0.717, 1.165) is 0 Å². The second-order valence-corrected chi connectivity index (χ2v) is 5.60. The van der Waals surface area contributed by atoms with Crippen LogP contribution in [0.1, 0.15) is 20.7 Å². The summed E-state index contributed by atoms with van der Waals surface area (Å²) in [6, 6.07) is 12.0. The van der Waals surface area contributed by atoms with Crippen molar-refractivity contribution in [2.45, 2.75) is 0 Å². The van der Waals surface area contributed by atoms with Gasteiger partial charge in [-0.2, -0.15) is 15.0 Å². The van der Waals surface area contributed by atoms with E-state index in [0.29, 0.717) is 11.4 Å². The van der Waals surface area contributed by atoms with E-state index < -0.39 is 11.9 Å². The Morgan fingerprint density at radius 3 is 1.41 bits per heavy atom. The lowest BCUT2D eigenvalue weighted by Crippen LogP contribution is -2.04. The number of rotatable bonds is 6. The molecule has 1 aromatic heterocycles. The Labute approximate surface area is 157 Å². The SMILES string of the molecule is O=C(O)c1ccc(Nc2nc(Cl)nc(Nc3ccc(C(=O)O)cc3)n2)cc1. The van der Waals surface area contributed by atoms with E-state index in [2.05, 4.69) is 25.6 Å². The highest BCUT2D eigenvalue weighted by Gasteiger charge is 2.08. The van der Waals surface area contributed by atoms with E-state index >= 15 is 0 Å². The second-order valence-electron chi connectivity index (χ2n) is 5.27. The summed E-state index contributed by atoms with van der Waals surface area (Å²) in [6.45, 7) is 0. The van der Waals surface area contributed by atoms with Gasteiger partial charge >= 0.3 is 11.9 Å². The summed E-state index contributed by atoms with van der Waals surface area (Å²) in [5, 5.41) is 23.6. The number of nitrogens with one attached hydrogen (secondary N) is 2. The quantitative estimate of drug-likeness (QED) is 0.502. The fourth-order valence-electron chi connectivity index (χ4n) is 2.11. The van der Waals surface area contributed by atoms with Gasteiger partial charge in [0, 0.05) is 11.4 Å². The standard InChI is InChI=1S/C17H12ClN5O4/c18-15-21-16(19-11-5-1-9(2-6-11)13(24)25)23-17(22-15)20-12-7-3-10(4-8-12)14(26)27/h1-8H,(H,24,25)(H,26,27)(H2,19,20,21,22,23). The van der Waals surface area contributed by atoms with Crippen LogP contribution in [-0.4, -0.2) is 37.1 Å². The van der Waals surface area contributed by atoms with E-state index in [-0.39, 0.29) is 28.3 Å². The van der Waals surface area contributed by atoms with Gasteiger partial charge in [0.15, 0.2) is 0 Å². The summed E-state index contributed by atoms with van der Waals surface area (Å²) in [5.41, 5.74) is 1.45. The van der Waals surface area contributed by atoms with Gasteiger partial charge in [-0.25, -0.2) is 9.59 Å². The number of halogens is 1. The predicted octanol–water partition coefficient (Wildman–Crippen LogP) is 3.41. The number of benzene rings is 2. The Bertz CT molecular complexity index is 915. The van der Waals surface area contributed by atoms with Crippen molar-refractivity contribution in [3.63, 3.8) is 0 Å². The average Bonchev–Trinajstić information content (AvgIpc) is 2.62. The van der Waals surface area contributed by atoms with E-state index in [1.54, 1.807) is 24.3 Å². The highest BCUT2D eigenvalue weighted by atomic mass is 35.5. The van der Waals surface area contributed by atoms with Gasteiger partial charge in [-0.15, -0.1) is 0 Å². The van der Waals surface area contributed by atoms with Crippen LogP contribution >= 0.6 is 11.6 Å². The van der Waals surface area contributed by atoms with Gasteiger partial charge in [0.25, 0.3) is 0 Å². The zero-order valence-corrected chi connectivity index (χ0v) is 14.3. The molecule has 0 bridgehead atoms. The zero-order valence-electron chi connectivity index (χ0n) is 13.5. The summed E-state index contributed by atoms with van der Waals surface area (Å²) in [5.74, 6) is -1.74. The normalized spacial score (nSPS) is 10.3. The van der Waals surface area contributed by atoms with E-state index in [1.807, 2.05) is 0 Å². The molecule has 1 heterocycles. The van der Waals surface area contributed by atoms with Crippen molar-refractivity contribution < 1.29 is 19.8 Å². The summed E-state index contributed by atoms with van der Waals surface area (Å²) >= 11 is 5.92. The van der Waals surface area contributed by atoms with Gasteiger partial charge in [0.1, 0.15) is 0 Å². The molecule has 136 valence electrons. The molecule has 27 heavy (non-hydrogen) atoms. The van der Waals surface area contributed by atoms with Gasteiger partial charge < -0.3 is 20.8 Å². The van der Waals surface area contributed by atoms with Gasteiger partial charge in [-0.05, 0) is 60.1 Å². The second kappa shape index (κ2) is 7.67. The fourth-order valence-corrected chi connectivity index (χ4v) is 2.27. The molecule has 0 radical (unpaired) electrons. The Kier molecular flexibility index (Phi) is 5.13. The van der Waals surface area contributed by atoms with E-state index in [9.17, 15) is 9.59 Å². The molecule has 0 fully saturated rings. The largest absolute Gasteiger partial charge is 0.478 e. The number of carbonyl (C=O) groups is 2. The van der Waals surface area contributed by atoms with Gasteiger partial charge in [-0.3, -0.25) is 0 Å². The molecule has 3 rings (SSSR count). The Morgan fingerprint density at radius 1 is 0.704 bits per heavy atom. The number of hydrogen-bond donors (Lipinski definition) is 4. The van der Waals surface area contributed by atoms with Gasteiger partial charge in [0.2, 0.25) is 17.2 Å². The first-order valence-electron chi connectivity index (χ1n) is 7.53. The minimum absolute atomic E-state index is 0.0562. The van der Waals surface area contributed by atoms with Crippen molar-refractivity contribution in [3.8, 4) is 0 Å². The minimum Gasteiger partial charge on any atom is -0.478 e. The molecule has 0 amide bonds. The lowest BCUT2D eigenvalue weighted by atomic mass is 10.2. The fraction of sp³-hybridized carbons (Fsp3) is 0. The smallest absolute Gasteiger partial charge is 0.335 e. The Morgan fingerprint density at radius 2 is 1.07 bits per heavy atom. The highest BCUT2D eigenvalue weighted by Crippen LogP contribution is 2.19. The number of carboxylic acid groups (broad SMARTS) is 2. The molecule has 0 saturated heterocycles.